The van der Waals surface area contributed by atoms with Gasteiger partial charge in [-0.15, -0.1) is 0 Å². The van der Waals surface area contributed by atoms with E-state index in [4.69, 9.17) is 0 Å². The third kappa shape index (κ3) is 2.27. The van der Waals surface area contributed by atoms with Gasteiger partial charge < -0.3 is 0 Å². The minimum Gasteiger partial charge on any atom is -0.256 e. The van der Waals surface area contributed by atoms with Crippen molar-refractivity contribution in [1.82, 2.24) is 24.5 Å². The summed E-state index contributed by atoms with van der Waals surface area (Å²) in [6.07, 6.45) is 9.17. The molecule has 0 saturated heterocycles. The number of halogens is 1. The zero-order chi connectivity index (χ0) is 16.4. The van der Waals surface area contributed by atoms with Gasteiger partial charge in [-0.3, -0.25) is 4.98 Å². The van der Waals surface area contributed by atoms with E-state index in [2.05, 4.69) is 43.2 Å². The van der Waals surface area contributed by atoms with Crippen molar-refractivity contribution in [2.24, 2.45) is 0 Å². The number of hydrogen-bond acceptors (Lipinski definition) is 3. The molecule has 0 N–H and O–H groups in total. The van der Waals surface area contributed by atoms with Gasteiger partial charge in [0, 0.05) is 41.0 Å². The summed E-state index contributed by atoms with van der Waals surface area (Å²) in [6, 6.07) is 17.8. The SMILES string of the molecule is Brc1ccc(C(c2ccccn2)(n2cccn2)n2cccn2)cc1. The van der Waals surface area contributed by atoms with Crippen molar-refractivity contribution in [3.8, 4) is 0 Å². The quantitative estimate of drug-likeness (QED) is 0.544. The average Bonchev–Trinajstić information content (AvgIpc) is 3.33. The van der Waals surface area contributed by atoms with Crippen molar-refractivity contribution in [2.45, 2.75) is 5.66 Å². The molecule has 0 aliphatic carbocycles. The van der Waals surface area contributed by atoms with Gasteiger partial charge in [0.05, 0.1) is 5.69 Å². The highest BCUT2D eigenvalue weighted by Crippen LogP contribution is 2.34. The number of nitrogens with zero attached hydrogens (tertiary/aromatic N) is 5. The number of hydrogen-bond donors (Lipinski definition) is 0. The third-order valence-corrected chi connectivity index (χ3v) is 4.47. The van der Waals surface area contributed by atoms with Crippen LogP contribution in [0.15, 0.2) is 90.1 Å². The van der Waals surface area contributed by atoms with Crippen LogP contribution in [0.4, 0.5) is 0 Å². The van der Waals surface area contributed by atoms with Crippen molar-refractivity contribution in [1.29, 1.82) is 0 Å². The Kier molecular flexibility index (Phi) is 3.74. The van der Waals surface area contributed by atoms with E-state index in [0.29, 0.717) is 0 Å². The summed E-state index contributed by atoms with van der Waals surface area (Å²) in [5, 5.41) is 9.05. The molecule has 4 aromatic rings. The van der Waals surface area contributed by atoms with E-state index < -0.39 is 5.66 Å². The second-order valence-electron chi connectivity index (χ2n) is 5.30. The first kappa shape index (κ1) is 14.8. The van der Waals surface area contributed by atoms with Gasteiger partial charge in [0.1, 0.15) is 0 Å². The van der Waals surface area contributed by atoms with Gasteiger partial charge in [0.15, 0.2) is 0 Å². The van der Waals surface area contributed by atoms with Crippen molar-refractivity contribution >= 4 is 15.9 Å². The maximum atomic E-state index is 4.63. The molecule has 0 spiro atoms. The fourth-order valence-electron chi connectivity index (χ4n) is 2.92. The molecule has 24 heavy (non-hydrogen) atoms. The van der Waals surface area contributed by atoms with E-state index in [0.717, 1.165) is 15.7 Å². The van der Waals surface area contributed by atoms with Gasteiger partial charge in [-0.25, -0.2) is 9.36 Å². The van der Waals surface area contributed by atoms with Gasteiger partial charge in [0.2, 0.25) is 5.66 Å². The Balaban J connectivity index is 2.09. The minimum atomic E-state index is -0.797. The molecule has 0 atom stereocenters. The monoisotopic (exact) mass is 379 g/mol. The minimum absolute atomic E-state index is 0.797. The summed E-state index contributed by atoms with van der Waals surface area (Å²) in [6.45, 7) is 0. The number of benzene rings is 1. The number of rotatable bonds is 4. The molecule has 0 saturated carbocycles. The van der Waals surface area contributed by atoms with Gasteiger partial charge in [-0.05, 0) is 36.4 Å². The maximum absolute atomic E-state index is 4.63. The van der Waals surface area contributed by atoms with E-state index in [9.17, 15) is 0 Å². The van der Waals surface area contributed by atoms with Crippen LogP contribution >= 0.6 is 15.9 Å². The lowest BCUT2D eigenvalue weighted by atomic mass is 9.95. The largest absolute Gasteiger partial charge is 0.256 e. The van der Waals surface area contributed by atoms with Crippen LogP contribution in [0.1, 0.15) is 11.3 Å². The van der Waals surface area contributed by atoms with Crippen molar-refractivity contribution in [3.05, 3.63) is 101 Å². The Morgan fingerprint density at radius 2 is 1.42 bits per heavy atom. The first-order valence-corrected chi connectivity index (χ1v) is 8.29. The summed E-state index contributed by atoms with van der Waals surface area (Å²) in [5.41, 5.74) is 1.05. The lowest BCUT2D eigenvalue weighted by Gasteiger charge is -2.34. The van der Waals surface area contributed by atoms with Crippen LogP contribution in [0.3, 0.4) is 0 Å². The molecule has 0 bridgehead atoms. The Morgan fingerprint density at radius 1 is 0.750 bits per heavy atom. The van der Waals surface area contributed by atoms with Crippen LogP contribution in [0.5, 0.6) is 0 Å². The molecule has 0 fully saturated rings. The highest BCUT2D eigenvalue weighted by atomic mass is 79.9. The molecule has 0 amide bonds. The molecule has 0 aliphatic rings. The molecule has 1 aromatic carbocycles. The zero-order valence-corrected chi connectivity index (χ0v) is 14.3. The van der Waals surface area contributed by atoms with Crippen LogP contribution in [0.2, 0.25) is 0 Å². The fourth-order valence-corrected chi connectivity index (χ4v) is 3.19. The van der Waals surface area contributed by atoms with Gasteiger partial charge >= 0.3 is 0 Å². The van der Waals surface area contributed by atoms with Gasteiger partial charge in [-0.1, -0.05) is 34.1 Å². The smallest absolute Gasteiger partial charge is 0.221 e. The van der Waals surface area contributed by atoms with Crippen molar-refractivity contribution in [2.75, 3.05) is 0 Å². The topological polar surface area (TPSA) is 48.5 Å². The van der Waals surface area contributed by atoms with E-state index in [1.165, 1.54) is 0 Å². The lowest BCUT2D eigenvalue weighted by molar-refractivity contribution is 0.288. The molecular weight excluding hydrogens is 366 g/mol. The lowest BCUT2D eigenvalue weighted by Crippen LogP contribution is -2.45. The first-order valence-electron chi connectivity index (χ1n) is 7.49. The van der Waals surface area contributed by atoms with Crippen LogP contribution in [0, 0.1) is 0 Å². The third-order valence-electron chi connectivity index (χ3n) is 3.94. The van der Waals surface area contributed by atoms with E-state index in [1.54, 1.807) is 18.6 Å². The molecule has 3 aromatic heterocycles. The fraction of sp³-hybridized carbons (Fsp3) is 0.0556. The summed E-state index contributed by atoms with van der Waals surface area (Å²) in [4.78, 5) is 4.63. The first-order chi connectivity index (χ1) is 11.8. The second-order valence-corrected chi connectivity index (χ2v) is 6.21. The molecule has 4 rings (SSSR count). The standard InChI is InChI=1S/C18H14BrN5/c19-16-8-6-15(7-9-16)18(23-13-3-11-21-23,24-14-4-12-22-24)17-5-1-2-10-20-17/h1-14H. The Bertz CT molecular complexity index is 866. The molecule has 3 heterocycles. The van der Waals surface area contributed by atoms with Crippen LogP contribution < -0.4 is 0 Å². The Morgan fingerprint density at radius 3 is 1.92 bits per heavy atom. The Labute approximate surface area is 147 Å². The molecular formula is C18H14BrN5. The van der Waals surface area contributed by atoms with Crippen LogP contribution in [0.25, 0.3) is 0 Å². The maximum Gasteiger partial charge on any atom is 0.221 e. The normalized spacial score (nSPS) is 11.5. The molecule has 5 nitrogen and oxygen atoms in total. The number of aromatic nitrogens is 5. The molecule has 0 radical (unpaired) electrons. The summed E-state index contributed by atoms with van der Waals surface area (Å²) < 4.78 is 4.78. The van der Waals surface area contributed by atoms with E-state index in [-0.39, 0.29) is 0 Å². The van der Waals surface area contributed by atoms with Gasteiger partial charge in [-0.2, -0.15) is 10.2 Å². The summed E-state index contributed by atoms with van der Waals surface area (Å²) >= 11 is 3.51. The van der Waals surface area contributed by atoms with E-state index >= 15 is 0 Å². The zero-order valence-electron chi connectivity index (χ0n) is 12.7. The second kappa shape index (κ2) is 6.05. The summed E-state index contributed by atoms with van der Waals surface area (Å²) in [7, 11) is 0. The Hall–Kier alpha value is -2.73. The molecule has 6 heteroatoms. The highest BCUT2D eigenvalue weighted by Gasteiger charge is 2.41. The summed E-state index contributed by atoms with van der Waals surface area (Å²) in [5.74, 6) is 0. The number of pyridine rings is 1. The van der Waals surface area contributed by atoms with Crippen molar-refractivity contribution in [3.63, 3.8) is 0 Å². The molecule has 0 aliphatic heterocycles. The van der Waals surface area contributed by atoms with Crippen LogP contribution in [-0.2, 0) is 5.66 Å². The predicted molar refractivity (Wildman–Crippen MR) is 94.4 cm³/mol. The average molecular weight is 380 g/mol. The predicted octanol–water partition coefficient (Wildman–Crippen LogP) is 3.53. The van der Waals surface area contributed by atoms with E-state index in [1.807, 2.05) is 64.2 Å². The molecule has 0 unspecified atom stereocenters. The van der Waals surface area contributed by atoms with Crippen LogP contribution in [-0.4, -0.2) is 24.5 Å². The molecule has 118 valence electrons. The van der Waals surface area contributed by atoms with Crippen molar-refractivity contribution < 1.29 is 0 Å². The van der Waals surface area contributed by atoms with Gasteiger partial charge in [0.25, 0.3) is 0 Å². The highest BCUT2D eigenvalue weighted by molar-refractivity contribution is 9.10.